The van der Waals surface area contributed by atoms with Crippen LogP contribution in [-0.2, 0) is 31.0 Å². The molecule has 34 heavy (non-hydrogen) atoms. The van der Waals surface area contributed by atoms with Crippen LogP contribution in [-0.4, -0.2) is 42.3 Å². The first-order valence-electron chi connectivity index (χ1n) is 11.2. The molecule has 3 aromatic carbocycles. The van der Waals surface area contributed by atoms with Crippen molar-refractivity contribution < 1.29 is 19.1 Å². The molecule has 0 radical (unpaired) electrons. The van der Waals surface area contributed by atoms with E-state index >= 15 is 0 Å². The van der Waals surface area contributed by atoms with Crippen LogP contribution in [0.15, 0.2) is 66.7 Å². The zero-order valence-corrected chi connectivity index (χ0v) is 19.5. The molecule has 1 heterocycles. The van der Waals surface area contributed by atoms with Gasteiger partial charge in [0.2, 0.25) is 0 Å². The van der Waals surface area contributed by atoms with E-state index < -0.39 is 5.91 Å². The van der Waals surface area contributed by atoms with Crippen LogP contribution in [0.2, 0.25) is 0 Å². The van der Waals surface area contributed by atoms with Crippen LogP contribution in [0.25, 0.3) is 0 Å². The smallest absolute Gasteiger partial charge is 0.255 e. The summed E-state index contributed by atoms with van der Waals surface area (Å²) in [6, 6.07) is 21.5. The molecule has 0 unspecified atom stereocenters. The van der Waals surface area contributed by atoms with Gasteiger partial charge >= 0.3 is 0 Å². The number of carbonyl (C=O) groups is 2. The summed E-state index contributed by atoms with van der Waals surface area (Å²) < 4.78 is 11.7. The van der Waals surface area contributed by atoms with Gasteiger partial charge in [-0.2, -0.15) is 0 Å². The molecule has 0 aliphatic carbocycles. The van der Waals surface area contributed by atoms with Crippen molar-refractivity contribution in [3.8, 4) is 11.5 Å². The SMILES string of the molecule is CN(C)C(=O)c1ccc(COc2ccc(CN3Cc4ccccc4C3)cc2OCC(N)=O)cc1. The van der Waals surface area contributed by atoms with Crippen molar-refractivity contribution in [2.75, 3.05) is 20.7 Å². The number of primary amides is 1. The molecule has 0 fully saturated rings. The third-order valence-corrected chi connectivity index (χ3v) is 5.69. The molecule has 1 aliphatic heterocycles. The largest absolute Gasteiger partial charge is 0.485 e. The molecule has 0 saturated heterocycles. The van der Waals surface area contributed by atoms with Crippen molar-refractivity contribution in [1.29, 1.82) is 0 Å². The Balaban J connectivity index is 1.44. The Hall–Kier alpha value is -3.84. The highest BCUT2D eigenvalue weighted by atomic mass is 16.5. The van der Waals surface area contributed by atoms with Gasteiger partial charge in [0.05, 0.1) is 0 Å². The lowest BCUT2D eigenvalue weighted by atomic mass is 10.1. The molecule has 1 aliphatic rings. The van der Waals surface area contributed by atoms with Gasteiger partial charge < -0.3 is 20.1 Å². The van der Waals surface area contributed by atoms with Crippen LogP contribution in [0.3, 0.4) is 0 Å². The molecule has 0 bridgehead atoms. The average Bonchev–Trinajstić information content (AvgIpc) is 3.24. The van der Waals surface area contributed by atoms with E-state index in [0.717, 1.165) is 30.8 Å². The van der Waals surface area contributed by atoms with Gasteiger partial charge in [-0.3, -0.25) is 14.5 Å². The minimum absolute atomic E-state index is 0.0497. The highest BCUT2D eigenvalue weighted by Crippen LogP contribution is 2.31. The Bertz CT molecular complexity index is 1150. The molecular weight excluding hydrogens is 430 g/mol. The maximum absolute atomic E-state index is 12.1. The number of carbonyl (C=O) groups excluding carboxylic acids is 2. The Labute approximate surface area is 199 Å². The van der Waals surface area contributed by atoms with E-state index in [1.165, 1.54) is 16.0 Å². The second kappa shape index (κ2) is 10.4. The zero-order valence-electron chi connectivity index (χ0n) is 19.5. The third kappa shape index (κ3) is 5.74. The lowest BCUT2D eigenvalue weighted by Gasteiger charge is -2.18. The number of nitrogens with two attached hydrogens (primary N) is 1. The Kier molecular flexibility index (Phi) is 7.13. The maximum atomic E-state index is 12.1. The standard InChI is InChI=1S/C27H29N3O4/c1-29(2)27(32)21-10-7-19(8-11-21)17-33-24-12-9-20(13-25(24)34-18-26(28)31)14-30-15-22-5-3-4-6-23(22)16-30/h3-13H,14-18H2,1-2H3,(H2,28,31). The Morgan fingerprint density at radius 1 is 0.882 bits per heavy atom. The van der Waals surface area contributed by atoms with Gasteiger partial charge in [-0.1, -0.05) is 42.5 Å². The monoisotopic (exact) mass is 459 g/mol. The molecule has 2 N–H and O–H groups in total. The molecule has 0 aromatic heterocycles. The molecule has 176 valence electrons. The number of hydrogen-bond donors (Lipinski definition) is 1. The normalized spacial score (nSPS) is 12.8. The maximum Gasteiger partial charge on any atom is 0.255 e. The topological polar surface area (TPSA) is 85.1 Å². The van der Waals surface area contributed by atoms with Gasteiger partial charge in [-0.05, 0) is 46.5 Å². The lowest BCUT2D eigenvalue weighted by molar-refractivity contribution is -0.119. The Morgan fingerprint density at radius 2 is 1.53 bits per heavy atom. The minimum atomic E-state index is -0.549. The summed E-state index contributed by atoms with van der Waals surface area (Å²) in [4.78, 5) is 27.3. The summed E-state index contributed by atoms with van der Waals surface area (Å²) in [5.74, 6) is 0.411. The summed E-state index contributed by atoms with van der Waals surface area (Å²) in [5, 5.41) is 0. The summed E-state index contributed by atoms with van der Waals surface area (Å²) in [6.07, 6.45) is 0. The van der Waals surface area contributed by atoms with E-state index in [2.05, 4.69) is 29.2 Å². The van der Waals surface area contributed by atoms with Crippen LogP contribution in [0, 0.1) is 0 Å². The van der Waals surface area contributed by atoms with Gasteiger partial charge in [0.1, 0.15) is 6.61 Å². The van der Waals surface area contributed by atoms with Crippen LogP contribution < -0.4 is 15.2 Å². The summed E-state index contributed by atoms with van der Waals surface area (Å²) in [6.45, 7) is 2.63. The van der Waals surface area contributed by atoms with E-state index in [1.807, 2.05) is 30.3 Å². The molecule has 3 aromatic rings. The second-order valence-corrected chi connectivity index (χ2v) is 8.64. The van der Waals surface area contributed by atoms with Crippen molar-refractivity contribution in [2.45, 2.75) is 26.2 Å². The van der Waals surface area contributed by atoms with Crippen molar-refractivity contribution in [3.05, 3.63) is 94.5 Å². The van der Waals surface area contributed by atoms with E-state index in [9.17, 15) is 9.59 Å². The fourth-order valence-electron chi connectivity index (χ4n) is 3.97. The van der Waals surface area contributed by atoms with E-state index in [4.69, 9.17) is 15.2 Å². The fraction of sp³-hybridized carbons (Fsp3) is 0.259. The average molecular weight is 460 g/mol. The predicted octanol–water partition coefficient (Wildman–Crippen LogP) is 3.35. The van der Waals surface area contributed by atoms with Crippen LogP contribution in [0.4, 0.5) is 0 Å². The van der Waals surface area contributed by atoms with E-state index in [0.29, 0.717) is 23.7 Å². The molecule has 0 saturated carbocycles. The number of ether oxygens (including phenoxy) is 2. The van der Waals surface area contributed by atoms with Crippen molar-refractivity contribution in [1.82, 2.24) is 9.80 Å². The quantitative estimate of drug-likeness (QED) is 0.531. The van der Waals surface area contributed by atoms with E-state index in [-0.39, 0.29) is 12.5 Å². The van der Waals surface area contributed by atoms with Gasteiger partial charge in [-0.25, -0.2) is 0 Å². The number of amides is 2. The predicted molar refractivity (Wildman–Crippen MR) is 129 cm³/mol. The molecule has 7 nitrogen and oxygen atoms in total. The first kappa shape index (κ1) is 23.3. The third-order valence-electron chi connectivity index (χ3n) is 5.69. The molecule has 4 rings (SSSR count). The minimum Gasteiger partial charge on any atom is -0.485 e. The zero-order chi connectivity index (χ0) is 24.1. The van der Waals surface area contributed by atoms with Crippen LogP contribution in [0.1, 0.15) is 32.6 Å². The lowest BCUT2D eigenvalue weighted by Crippen LogP contribution is -2.21. The van der Waals surface area contributed by atoms with Crippen molar-refractivity contribution in [3.63, 3.8) is 0 Å². The molecule has 7 heteroatoms. The second-order valence-electron chi connectivity index (χ2n) is 8.64. The number of hydrogen-bond acceptors (Lipinski definition) is 5. The Morgan fingerprint density at radius 3 is 2.15 bits per heavy atom. The highest BCUT2D eigenvalue weighted by Gasteiger charge is 2.19. The molecular formula is C27H29N3O4. The van der Waals surface area contributed by atoms with Gasteiger partial charge in [0, 0.05) is 39.3 Å². The summed E-state index contributed by atoms with van der Waals surface area (Å²) >= 11 is 0. The summed E-state index contributed by atoms with van der Waals surface area (Å²) in [7, 11) is 3.44. The number of benzene rings is 3. The summed E-state index contributed by atoms with van der Waals surface area (Å²) in [5.41, 5.74) is 10.6. The van der Waals surface area contributed by atoms with Gasteiger partial charge in [-0.15, -0.1) is 0 Å². The fourth-order valence-corrected chi connectivity index (χ4v) is 3.97. The molecule has 2 amide bonds. The van der Waals surface area contributed by atoms with Crippen LogP contribution in [0.5, 0.6) is 11.5 Å². The highest BCUT2D eigenvalue weighted by molar-refractivity contribution is 5.93. The molecule has 0 atom stereocenters. The van der Waals surface area contributed by atoms with Gasteiger partial charge in [0.25, 0.3) is 11.8 Å². The number of nitrogens with zero attached hydrogens (tertiary/aromatic N) is 2. The number of rotatable bonds is 9. The van der Waals surface area contributed by atoms with Crippen molar-refractivity contribution in [2.24, 2.45) is 5.73 Å². The van der Waals surface area contributed by atoms with Gasteiger partial charge in [0.15, 0.2) is 18.1 Å². The molecule has 0 spiro atoms. The van der Waals surface area contributed by atoms with Crippen LogP contribution >= 0.6 is 0 Å². The van der Waals surface area contributed by atoms with Crippen molar-refractivity contribution >= 4 is 11.8 Å². The first-order valence-corrected chi connectivity index (χ1v) is 11.2. The van der Waals surface area contributed by atoms with E-state index in [1.54, 1.807) is 26.2 Å². The first-order chi connectivity index (χ1) is 16.4. The number of fused-ring (bicyclic) bond motifs is 1.